The third kappa shape index (κ3) is 2.43. The summed E-state index contributed by atoms with van der Waals surface area (Å²) >= 11 is 6.20. The summed E-state index contributed by atoms with van der Waals surface area (Å²) in [4.78, 5) is 0. The molecule has 0 aromatic heterocycles. The quantitative estimate of drug-likeness (QED) is 0.913. The fraction of sp³-hybridized carbons (Fsp3) is 0.571. The molecule has 0 saturated heterocycles. The predicted octanol–water partition coefficient (Wildman–Crippen LogP) is 3.00. The minimum Gasteiger partial charge on any atom is -0.486 e. The van der Waals surface area contributed by atoms with E-state index < -0.39 is 0 Å². The predicted molar refractivity (Wildman–Crippen MR) is 71.5 cm³/mol. The molecule has 0 amide bonds. The highest BCUT2D eigenvalue weighted by Crippen LogP contribution is 2.38. The van der Waals surface area contributed by atoms with Gasteiger partial charge in [-0.1, -0.05) is 18.5 Å². The Hall–Kier alpha value is -0.930. The van der Waals surface area contributed by atoms with Crippen LogP contribution >= 0.6 is 11.6 Å². The molecule has 1 fully saturated rings. The number of rotatable bonds is 3. The molecule has 3 rings (SSSR count). The molecule has 0 unspecified atom stereocenters. The summed E-state index contributed by atoms with van der Waals surface area (Å²) in [6, 6.07) is 4.64. The molecule has 98 valence electrons. The van der Waals surface area contributed by atoms with Gasteiger partial charge in [0.05, 0.1) is 5.02 Å². The first-order valence-corrected chi connectivity index (χ1v) is 6.91. The summed E-state index contributed by atoms with van der Waals surface area (Å²) < 4.78 is 11.1. The lowest BCUT2D eigenvalue weighted by molar-refractivity contribution is 0.171. The van der Waals surface area contributed by atoms with Gasteiger partial charge >= 0.3 is 0 Å². The molecule has 1 N–H and O–H groups in total. The van der Waals surface area contributed by atoms with Crippen LogP contribution in [0.25, 0.3) is 0 Å². The van der Waals surface area contributed by atoms with E-state index in [2.05, 4.69) is 12.2 Å². The van der Waals surface area contributed by atoms with E-state index >= 15 is 0 Å². The third-order valence-corrected chi connectivity index (χ3v) is 3.91. The fourth-order valence-electron chi connectivity index (χ4n) is 2.60. The van der Waals surface area contributed by atoms with Crippen LogP contribution < -0.4 is 14.8 Å². The van der Waals surface area contributed by atoms with Gasteiger partial charge in [-0.2, -0.15) is 0 Å². The van der Waals surface area contributed by atoms with Crippen molar-refractivity contribution in [1.29, 1.82) is 0 Å². The molecular formula is C14H18ClNO2. The second-order valence-electron chi connectivity index (χ2n) is 5.26. The van der Waals surface area contributed by atoms with Crippen molar-refractivity contribution in [2.75, 3.05) is 13.2 Å². The first kappa shape index (κ1) is 12.1. The van der Waals surface area contributed by atoms with E-state index in [1.807, 2.05) is 12.1 Å². The van der Waals surface area contributed by atoms with E-state index in [9.17, 15) is 0 Å². The Morgan fingerprint density at radius 2 is 2.06 bits per heavy atom. The summed E-state index contributed by atoms with van der Waals surface area (Å²) in [6.07, 6.45) is 2.55. The molecule has 1 heterocycles. The van der Waals surface area contributed by atoms with Crippen LogP contribution in [-0.2, 0) is 6.54 Å². The van der Waals surface area contributed by atoms with Gasteiger partial charge in [0, 0.05) is 12.6 Å². The largest absolute Gasteiger partial charge is 0.486 e. The molecule has 4 heteroatoms. The van der Waals surface area contributed by atoms with Gasteiger partial charge in [0.1, 0.15) is 13.2 Å². The van der Waals surface area contributed by atoms with Gasteiger partial charge in [0.2, 0.25) is 0 Å². The zero-order chi connectivity index (χ0) is 12.5. The fourth-order valence-corrected chi connectivity index (χ4v) is 2.89. The molecule has 0 spiro atoms. The summed E-state index contributed by atoms with van der Waals surface area (Å²) in [5.74, 6) is 2.32. The number of ether oxygens (including phenoxy) is 2. The van der Waals surface area contributed by atoms with Crippen LogP contribution in [0.3, 0.4) is 0 Å². The molecule has 0 bridgehead atoms. The van der Waals surface area contributed by atoms with E-state index in [-0.39, 0.29) is 0 Å². The zero-order valence-electron chi connectivity index (χ0n) is 10.5. The Labute approximate surface area is 112 Å². The number of hydrogen-bond donors (Lipinski definition) is 1. The Kier molecular flexibility index (Phi) is 3.35. The van der Waals surface area contributed by atoms with Gasteiger partial charge < -0.3 is 14.8 Å². The summed E-state index contributed by atoms with van der Waals surface area (Å²) in [5.41, 5.74) is 1.16. The zero-order valence-corrected chi connectivity index (χ0v) is 11.3. The second-order valence-corrected chi connectivity index (χ2v) is 5.66. The van der Waals surface area contributed by atoms with E-state index in [1.54, 1.807) is 0 Å². The number of hydrogen-bond acceptors (Lipinski definition) is 3. The molecular weight excluding hydrogens is 250 g/mol. The molecule has 0 radical (unpaired) electrons. The molecule has 0 atom stereocenters. The van der Waals surface area contributed by atoms with Crippen LogP contribution in [0, 0.1) is 5.92 Å². The topological polar surface area (TPSA) is 30.5 Å². The van der Waals surface area contributed by atoms with E-state index in [0.717, 1.165) is 23.8 Å². The first-order valence-electron chi connectivity index (χ1n) is 6.54. The summed E-state index contributed by atoms with van der Waals surface area (Å²) in [7, 11) is 0. The smallest absolute Gasteiger partial charge is 0.179 e. The molecule has 1 aliphatic carbocycles. The Morgan fingerprint density at radius 3 is 2.83 bits per heavy atom. The van der Waals surface area contributed by atoms with Crippen LogP contribution in [0.2, 0.25) is 5.02 Å². The standard InChI is InChI=1S/C14H18ClNO2/c1-9-4-11(5-9)16-8-10-6-12(15)14-13(7-10)17-2-3-18-14/h6-7,9,11,16H,2-5,8H2,1H3. The van der Waals surface area contributed by atoms with E-state index in [0.29, 0.717) is 30.0 Å². The Morgan fingerprint density at radius 1 is 1.28 bits per heavy atom. The van der Waals surface area contributed by atoms with Gasteiger partial charge in [-0.25, -0.2) is 0 Å². The monoisotopic (exact) mass is 267 g/mol. The third-order valence-electron chi connectivity index (χ3n) is 3.63. The van der Waals surface area contributed by atoms with Crippen molar-refractivity contribution in [1.82, 2.24) is 5.32 Å². The van der Waals surface area contributed by atoms with Crippen molar-refractivity contribution < 1.29 is 9.47 Å². The SMILES string of the molecule is CC1CC(NCc2cc(Cl)c3c(c2)OCCO3)C1. The highest BCUT2D eigenvalue weighted by Gasteiger charge is 2.24. The van der Waals surface area contributed by atoms with Gasteiger partial charge in [-0.05, 0) is 36.5 Å². The second kappa shape index (κ2) is 4.98. The van der Waals surface area contributed by atoms with E-state index in [4.69, 9.17) is 21.1 Å². The van der Waals surface area contributed by atoms with Gasteiger partial charge in [0.25, 0.3) is 0 Å². The van der Waals surface area contributed by atoms with Gasteiger partial charge in [0.15, 0.2) is 11.5 Å². The van der Waals surface area contributed by atoms with Crippen LogP contribution in [0.5, 0.6) is 11.5 Å². The van der Waals surface area contributed by atoms with Gasteiger partial charge in [-0.15, -0.1) is 0 Å². The Balaban J connectivity index is 1.67. The normalized spacial score (nSPS) is 25.7. The summed E-state index contributed by atoms with van der Waals surface area (Å²) in [5, 5.41) is 4.19. The van der Waals surface area contributed by atoms with E-state index in [1.165, 1.54) is 12.8 Å². The molecule has 1 saturated carbocycles. The summed E-state index contributed by atoms with van der Waals surface area (Å²) in [6.45, 7) is 4.30. The lowest BCUT2D eigenvalue weighted by atomic mass is 9.82. The lowest BCUT2D eigenvalue weighted by Gasteiger charge is -2.33. The lowest BCUT2D eigenvalue weighted by Crippen LogP contribution is -2.39. The van der Waals surface area contributed by atoms with Crippen molar-refractivity contribution in [3.63, 3.8) is 0 Å². The number of nitrogens with one attached hydrogen (secondary N) is 1. The maximum atomic E-state index is 6.20. The van der Waals surface area contributed by atoms with Crippen LogP contribution in [-0.4, -0.2) is 19.3 Å². The van der Waals surface area contributed by atoms with Crippen molar-refractivity contribution in [3.05, 3.63) is 22.7 Å². The number of halogens is 1. The number of fused-ring (bicyclic) bond motifs is 1. The Bertz CT molecular complexity index is 444. The highest BCUT2D eigenvalue weighted by molar-refractivity contribution is 6.32. The van der Waals surface area contributed by atoms with Crippen LogP contribution in [0.4, 0.5) is 0 Å². The molecule has 2 aliphatic rings. The maximum Gasteiger partial charge on any atom is 0.179 e. The highest BCUT2D eigenvalue weighted by atomic mass is 35.5. The minimum absolute atomic E-state index is 0.574. The van der Waals surface area contributed by atoms with Crippen LogP contribution in [0.15, 0.2) is 12.1 Å². The van der Waals surface area contributed by atoms with Crippen LogP contribution in [0.1, 0.15) is 25.3 Å². The van der Waals surface area contributed by atoms with Crippen molar-refractivity contribution in [2.45, 2.75) is 32.4 Å². The average molecular weight is 268 g/mol. The van der Waals surface area contributed by atoms with Crippen molar-refractivity contribution in [2.24, 2.45) is 5.92 Å². The minimum atomic E-state index is 0.574. The average Bonchev–Trinajstić information content (AvgIpc) is 2.33. The van der Waals surface area contributed by atoms with Gasteiger partial charge in [-0.3, -0.25) is 0 Å². The molecule has 1 aromatic carbocycles. The molecule has 1 aliphatic heterocycles. The van der Waals surface area contributed by atoms with Crippen molar-refractivity contribution in [3.8, 4) is 11.5 Å². The maximum absolute atomic E-state index is 6.20. The van der Waals surface area contributed by atoms with Crippen molar-refractivity contribution >= 4 is 11.6 Å². The molecule has 3 nitrogen and oxygen atoms in total. The first-order chi connectivity index (χ1) is 8.72. The molecule has 1 aromatic rings. The number of benzene rings is 1. The molecule has 18 heavy (non-hydrogen) atoms.